The lowest BCUT2D eigenvalue weighted by molar-refractivity contribution is 0.101. The first-order valence-corrected chi connectivity index (χ1v) is 6.88. The van der Waals surface area contributed by atoms with Crippen LogP contribution in [0, 0.1) is 0 Å². The molecule has 0 spiro atoms. The summed E-state index contributed by atoms with van der Waals surface area (Å²) in [6, 6.07) is 9.37. The van der Waals surface area contributed by atoms with Crippen LogP contribution in [-0.4, -0.2) is 26.1 Å². The lowest BCUT2D eigenvalue weighted by Crippen LogP contribution is -2.14. The molecule has 104 valence electrons. The van der Waals surface area contributed by atoms with Crippen LogP contribution >= 0.6 is 0 Å². The molecule has 2 heterocycles. The quantitative estimate of drug-likeness (QED) is 0.771. The molecule has 1 amide bonds. The van der Waals surface area contributed by atoms with Crippen molar-refractivity contribution in [2.75, 3.05) is 5.32 Å². The number of nitrogens with zero attached hydrogens (tertiary/aromatic N) is 3. The Bertz CT molecular complexity index is 816. The predicted molar refractivity (Wildman–Crippen MR) is 78.1 cm³/mol. The molecule has 4 rings (SSSR count). The molecule has 2 aromatic heterocycles. The zero-order chi connectivity index (χ0) is 14.2. The van der Waals surface area contributed by atoms with Crippen LogP contribution in [0.1, 0.15) is 35.2 Å². The SMILES string of the molecule is O=C(Nc1cccc2ncccc12)c1n[nH]c(C2CC2)n1. The Kier molecular flexibility index (Phi) is 2.67. The van der Waals surface area contributed by atoms with Crippen LogP contribution in [0.25, 0.3) is 10.9 Å². The van der Waals surface area contributed by atoms with Crippen molar-refractivity contribution >= 4 is 22.5 Å². The van der Waals surface area contributed by atoms with Crippen molar-refractivity contribution in [3.8, 4) is 0 Å². The number of aromatic nitrogens is 4. The fourth-order valence-electron chi connectivity index (χ4n) is 2.31. The molecule has 1 aromatic carbocycles. The van der Waals surface area contributed by atoms with E-state index in [4.69, 9.17) is 0 Å². The second-order valence-electron chi connectivity index (χ2n) is 5.15. The average molecular weight is 279 g/mol. The van der Waals surface area contributed by atoms with Crippen LogP contribution in [0.3, 0.4) is 0 Å². The van der Waals surface area contributed by atoms with Gasteiger partial charge in [0.2, 0.25) is 5.82 Å². The standard InChI is InChI=1S/C15H13N5O/c21-15(14-18-13(19-20-14)9-6-7-9)17-12-5-1-4-11-10(12)3-2-8-16-11/h1-5,8-9H,6-7H2,(H,17,21)(H,18,19,20). The van der Waals surface area contributed by atoms with Crippen LogP contribution in [0.15, 0.2) is 36.5 Å². The van der Waals surface area contributed by atoms with E-state index in [1.165, 1.54) is 0 Å². The van der Waals surface area contributed by atoms with Gasteiger partial charge in [-0.05, 0) is 37.1 Å². The molecule has 0 unspecified atom stereocenters. The van der Waals surface area contributed by atoms with Gasteiger partial charge in [-0.3, -0.25) is 14.9 Å². The highest BCUT2D eigenvalue weighted by Crippen LogP contribution is 2.37. The van der Waals surface area contributed by atoms with Gasteiger partial charge in [-0.15, -0.1) is 5.10 Å². The lowest BCUT2D eigenvalue weighted by Gasteiger charge is -2.06. The maximum absolute atomic E-state index is 12.2. The molecule has 0 radical (unpaired) electrons. The van der Waals surface area contributed by atoms with E-state index in [-0.39, 0.29) is 11.7 Å². The van der Waals surface area contributed by atoms with Crippen molar-refractivity contribution in [1.82, 2.24) is 20.2 Å². The first kappa shape index (κ1) is 12.0. The first-order valence-electron chi connectivity index (χ1n) is 6.88. The topological polar surface area (TPSA) is 83.6 Å². The van der Waals surface area contributed by atoms with E-state index in [1.54, 1.807) is 6.20 Å². The zero-order valence-corrected chi connectivity index (χ0v) is 11.2. The summed E-state index contributed by atoms with van der Waals surface area (Å²) in [6.45, 7) is 0. The Hall–Kier alpha value is -2.76. The van der Waals surface area contributed by atoms with Crippen molar-refractivity contribution < 1.29 is 4.79 Å². The summed E-state index contributed by atoms with van der Waals surface area (Å²) in [5.41, 5.74) is 1.55. The zero-order valence-electron chi connectivity index (χ0n) is 11.2. The van der Waals surface area contributed by atoms with E-state index >= 15 is 0 Å². The highest BCUT2D eigenvalue weighted by Gasteiger charge is 2.28. The van der Waals surface area contributed by atoms with Crippen molar-refractivity contribution in [2.24, 2.45) is 0 Å². The summed E-state index contributed by atoms with van der Waals surface area (Å²) in [4.78, 5) is 20.8. The summed E-state index contributed by atoms with van der Waals surface area (Å²) >= 11 is 0. The van der Waals surface area contributed by atoms with Gasteiger partial charge in [0.05, 0.1) is 11.2 Å². The number of pyridine rings is 1. The Labute approximate surface area is 120 Å². The molecule has 6 nitrogen and oxygen atoms in total. The summed E-state index contributed by atoms with van der Waals surface area (Å²) in [5, 5.41) is 10.6. The molecule has 0 atom stereocenters. The number of fused-ring (bicyclic) bond motifs is 1. The molecule has 21 heavy (non-hydrogen) atoms. The summed E-state index contributed by atoms with van der Waals surface area (Å²) in [7, 11) is 0. The van der Waals surface area contributed by atoms with Crippen LogP contribution < -0.4 is 5.32 Å². The van der Waals surface area contributed by atoms with Gasteiger partial charge in [0.25, 0.3) is 5.91 Å². The number of hydrogen-bond donors (Lipinski definition) is 2. The molecule has 0 saturated heterocycles. The van der Waals surface area contributed by atoms with Gasteiger partial charge in [0.1, 0.15) is 5.82 Å². The van der Waals surface area contributed by atoms with Crippen molar-refractivity contribution in [3.63, 3.8) is 0 Å². The van der Waals surface area contributed by atoms with Crippen LogP contribution in [0.2, 0.25) is 0 Å². The van der Waals surface area contributed by atoms with Crippen LogP contribution in [-0.2, 0) is 0 Å². The molecule has 1 fully saturated rings. The number of rotatable bonds is 3. The highest BCUT2D eigenvalue weighted by atomic mass is 16.2. The Balaban J connectivity index is 1.62. The van der Waals surface area contributed by atoms with E-state index in [0.29, 0.717) is 11.6 Å². The second-order valence-corrected chi connectivity index (χ2v) is 5.15. The minimum atomic E-state index is -0.311. The van der Waals surface area contributed by atoms with Gasteiger partial charge in [-0.25, -0.2) is 4.98 Å². The molecule has 1 aliphatic rings. The second kappa shape index (κ2) is 4.66. The van der Waals surface area contributed by atoms with Gasteiger partial charge in [-0.2, -0.15) is 0 Å². The van der Waals surface area contributed by atoms with E-state index in [9.17, 15) is 4.79 Å². The van der Waals surface area contributed by atoms with Crippen molar-refractivity contribution in [1.29, 1.82) is 0 Å². The van der Waals surface area contributed by atoms with E-state index in [2.05, 4.69) is 25.5 Å². The van der Waals surface area contributed by atoms with Crippen molar-refractivity contribution in [3.05, 3.63) is 48.2 Å². The van der Waals surface area contributed by atoms with Gasteiger partial charge < -0.3 is 5.32 Å². The summed E-state index contributed by atoms with van der Waals surface area (Å²) in [6.07, 6.45) is 3.96. The highest BCUT2D eigenvalue weighted by molar-refractivity contribution is 6.06. The van der Waals surface area contributed by atoms with E-state index in [0.717, 1.165) is 29.6 Å². The smallest absolute Gasteiger partial charge is 0.295 e. The van der Waals surface area contributed by atoms with Crippen LogP contribution in [0.5, 0.6) is 0 Å². The van der Waals surface area contributed by atoms with E-state index < -0.39 is 0 Å². The number of hydrogen-bond acceptors (Lipinski definition) is 4. The minimum absolute atomic E-state index is 0.179. The average Bonchev–Trinajstić information content (AvgIpc) is 3.25. The molecular weight excluding hydrogens is 266 g/mol. The maximum Gasteiger partial charge on any atom is 0.295 e. The fraction of sp³-hybridized carbons (Fsp3) is 0.200. The van der Waals surface area contributed by atoms with Crippen LogP contribution in [0.4, 0.5) is 5.69 Å². The number of H-pyrrole nitrogens is 1. The Morgan fingerprint density at radius 3 is 3.00 bits per heavy atom. The van der Waals surface area contributed by atoms with Gasteiger partial charge in [0.15, 0.2) is 0 Å². The molecule has 1 saturated carbocycles. The third-order valence-corrected chi connectivity index (χ3v) is 3.56. The minimum Gasteiger partial charge on any atom is -0.319 e. The number of anilines is 1. The van der Waals surface area contributed by atoms with Crippen molar-refractivity contribution in [2.45, 2.75) is 18.8 Å². The molecule has 0 bridgehead atoms. The fourth-order valence-corrected chi connectivity index (χ4v) is 2.31. The number of carbonyl (C=O) groups is 1. The molecule has 2 N–H and O–H groups in total. The number of nitrogens with one attached hydrogen (secondary N) is 2. The molecule has 3 aromatic rings. The summed E-state index contributed by atoms with van der Waals surface area (Å²) < 4.78 is 0. The number of aromatic amines is 1. The van der Waals surface area contributed by atoms with Gasteiger partial charge >= 0.3 is 0 Å². The molecular formula is C15H13N5O. The number of carbonyl (C=O) groups excluding carboxylic acids is 1. The Morgan fingerprint density at radius 1 is 1.24 bits per heavy atom. The largest absolute Gasteiger partial charge is 0.319 e. The lowest BCUT2D eigenvalue weighted by atomic mass is 10.2. The van der Waals surface area contributed by atoms with Gasteiger partial charge in [-0.1, -0.05) is 6.07 Å². The normalized spacial score (nSPS) is 14.3. The predicted octanol–water partition coefficient (Wildman–Crippen LogP) is 2.48. The third kappa shape index (κ3) is 2.24. The summed E-state index contributed by atoms with van der Waals surface area (Å²) in [5.74, 6) is 1.12. The van der Waals surface area contributed by atoms with Gasteiger partial charge in [0, 0.05) is 17.5 Å². The molecule has 6 heteroatoms. The number of amides is 1. The first-order chi connectivity index (χ1) is 10.3. The number of benzene rings is 1. The third-order valence-electron chi connectivity index (χ3n) is 3.56. The molecule has 1 aliphatic carbocycles. The Morgan fingerprint density at radius 2 is 2.14 bits per heavy atom. The maximum atomic E-state index is 12.2. The monoisotopic (exact) mass is 279 g/mol. The van der Waals surface area contributed by atoms with E-state index in [1.807, 2.05) is 30.3 Å². The molecule has 0 aliphatic heterocycles.